The lowest BCUT2D eigenvalue weighted by atomic mass is 10.2. The van der Waals surface area contributed by atoms with Crippen LogP contribution in [-0.2, 0) is 19.3 Å². The minimum Gasteiger partial charge on any atom is -0.465 e. The maximum Gasteiger partial charge on any atom is 0.449 e. The van der Waals surface area contributed by atoms with Crippen molar-refractivity contribution in [1.29, 1.82) is 0 Å². The van der Waals surface area contributed by atoms with Crippen LogP contribution < -0.4 is 9.50 Å². The molecule has 1 amide bonds. The predicted molar refractivity (Wildman–Crippen MR) is 73.5 cm³/mol. The van der Waals surface area contributed by atoms with Gasteiger partial charge in [0.15, 0.2) is 0 Å². The molecule has 0 atom stereocenters. The second kappa shape index (κ2) is 8.45. The van der Waals surface area contributed by atoms with Gasteiger partial charge in [0.05, 0.1) is 19.8 Å². The van der Waals surface area contributed by atoms with Gasteiger partial charge >= 0.3 is 16.5 Å². The number of ether oxygens (including phenoxy) is 1. The molecule has 118 valence electrons. The highest BCUT2D eigenvalue weighted by Gasteiger charge is 2.13. The average molecular weight is 319 g/mol. The zero-order chi connectivity index (χ0) is 15.7. The van der Waals surface area contributed by atoms with Gasteiger partial charge < -0.3 is 19.3 Å². The molecule has 0 aromatic heterocycles. The lowest BCUT2D eigenvalue weighted by molar-refractivity contribution is 0.0989. The molecule has 0 saturated heterocycles. The van der Waals surface area contributed by atoms with E-state index < -0.39 is 16.5 Å². The van der Waals surface area contributed by atoms with E-state index in [1.165, 1.54) is 12.1 Å². The molecule has 9 heteroatoms. The van der Waals surface area contributed by atoms with E-state index in [0.717, 1.165) is 5.56 Å². The van der Waals surface area contributed by atoms with Crippen LogP contribution in [0, 0.1) is 6.92 Å². The fourth-order valence-electron chi connectivity index (χ4n) is 1.26. The van der Waals surface area contributed by atoms with Crippen LogP contribution in [0.3, 0.4) is 0 Å². The molecule has 0 bridgehead atoms. The first-order chi connectivity index (χ1) is 9.89. The first-order valence-electron chi connectivity index (χ1n) is 6.09. The molecule has 0 aliphatic rings. The molecule has 21 heavy (non-hydrogen) atoms. The number of hydrogen-bond acceptors (Lipinski definition) is 6. The number of hydrogen-bond donors (Lipinski definition) is 2. The van der Waals surface area contributed by atoms with Gasteiger partial charge in [0.2, 0.25) is 0 Å². The number of carboxylic acid groups (broad SMARTS) is 1. The van der Waals surface area contributed by atoms with Crippen LogP contribution in [0.25, 0.3) is 0 Å². The summed E-state index contributed by atoms with van der Waals surface area (Å²) < 4.78 is 37.2. The van der Waals surface area contributed by atoms with Gasteiger partial charge in [-0.05, 0) is 19.1 Å². The van der Waals surface area contributed by atoms with E-state index in [9.17, 15) is 13.2 Å². The molecule has 1 rings (SSSR count). The van der Waals surface area contributed by atoms with Gasteiger partial charge in [-0.2, -0.15) is 8.42 Å². The summed E-state index contributed by atoms with van der Waals surface area (Å²) in [6.45, 7) is 1.88. The van der Waals surface area contributed by atoms with Gasteiger partial charge in [-0.15, -0.1) is 0 Å². The number of nitrogens with one attached hydrogen (secondary N) is 1. The third kappa shape index (κ3) is 8.12. The van der Waals surface area contributed by atoms with Crippen LogP contribution in [0.15, 0.2) is 24.3 Å². The lowest BCUT2D eigenvalue weighted by Gasteiger charge is -2.08. The number of carbonyl (C=O) groups is 1. The fourth-order valence-corrected chi connectivity index (χ4v) is 1.93. The van der Waals surface area contributed by atoms with Crippen LogP contribution in [0.1, 0.15) is 5.56 Å². The summed E-state index contributed by atoms with van der Waals surface area (Å²) in [5.74, 6) is 0.159. The zero-order valence-corrected chi connectivity index (χ0v) is 12.3. The van der Waals surface area contributed by atoms with Crippen molar-refractivity contribution in [2.45, 2.75) is 6.92 Å². The second-order valence-electron chi connectivity index (χ2n) is 3.97. The molecule has 0 fully saturated rings. The molecule has 0 radical (unpaired) electrons. The topological polar surface area (TPSA) is 111 Å². The number of rotatable bonds is 9. The minimum atomic E-state index is -4.14. The van der Waals surface area contributed by atoms with Gasteiger partial charge in [-0.3, -0.25) is 0 Å². The quantitative estimate of drug-likeness (QED) is 0.651. The van der Waals surface area contributed by atoms with E-state index in [1.807, 2.05) is 6.92 Å². The Hall–Kier alpha value is -1.84. The molecule has 0 aliphatic carbocycles. The van der Waals surface area contributed by atoms with Crippen LogP contribution in [-0.4, -0.2) is 46.0 Å². The van der Waals surface area contributed by atoms with Gasteiger partial charge in [-0.1, -0.05) is 17.7 Å². The van der Waals surface area contributed by atoms with Gasteiger partial charge in [-0.25, -0.2) is 8.98 Å². The largest absolute Gasteiger partial charge is 0.465 e. The third-order valence-corrected chi connectivity index (χ3v) is 3.05. The predicted octanol–water partition coefficient (Wildman–Crippen LogP) is 0.919. The molecular weight excluding hydrogens is 302 g/mol. The normalized spacial score (nSPS) is 11.1. The molecule has 0 aliphatic heterocycles. The highest BCUT2D eigenvalue weighted by Crippen LogP contribution is 2.14. The van der Waals surface area contributed by atoms with E-state index in [1.54, 1.807) is 12.1 Å². The number of benzene rings is 1. The van der Waals surface area contributed by atoms with E-state index in [4.69, 9.17) is 14.0 Å². The maximum absolute atomic E-state index is 11.5. The SMILES string of the molecule is Cc1ccc(OS(=O)(=O)OCCOCCNC(=O)O)cc1. The Bertz CT molecular complexity index is 541. The van der Waals surface area contributed by atoms with Gasteiger partial charge in [0, 0.05) is 6.54 Å². The summed E-state index contributed by atoms with van der Waals surface area (Å²) in [4.78, 5) is 10.1. The molecule has 0 saturated carbocycles. The van der Waals surface area contributed by atoms with Crippen LogP contribution in [0.5, 0.6) is 5.75 Å². The Balaban J connectivity index is 2.21. The summed E-state index contributed by atoms with van der Waals surface area (Å²) >= 11 is 0. The van der Waals surface area contributed by atoms with Crippen molar-refractivity contribution in [2.24, 2.45) is 0 Å². The monoisotopic (exact) mass is 319 g/mol. The molecule has 0 unspecified atom stereocenters. The molecular formula is C12H17NO7S. The summed E-state index contributed by atoms with van der Waals surface area (Å²) in [7, 11) is -4.14. The van der Waals surface area contributed by atoms with E-state index in [-0.39, 0.29) is 32.1 Å². The molecule has 0 heterocycles. The summed E-state index contributed by atoms with van der Waals surface area (Å²) in [5, 5.41) is 10.4. The van der Waals surface area contributed by atoms with Crippen molar-refractivity contribution in [1.82, 2.24) is 5.32 Å². The number of amides is 1. The summed E-state index contributed by atoms with van der Waals surface area (Å²) in [6, 6.07) is 6.46. The Morgan fingerprint density at radius 2 is 1.86 bits per heavy atom. The van der Waals surface area contributed by atoms with Crippen molar-refractivity contribution in [3.8, 4) is 5.75 Å². The Morgan fingerprint density at radius 3 is 2.48 bits per heavy atom. The average Bonchev–Trinajstić information content (AvgIpc) is 2.39. The second-order valence-corrected chi connectivity index (χ2v) is 5.19. The number of aryl methyl sites for hydroxylation is 1. The van der Waals surface area contributed by atoms with Crippen molar-refractivity contribution >= 4 is 16.5 Å². The summed E-state index contributed by atoms with van der Waals surface area (Å²) in [6.07, 6.45) is -1.15. The zero-order valence-electron chi connectivity index (χ0n) is 11.4. The minimum absolute atomic E-state index is 0.00220. The van der Waals surface area contributed by atoms with Gasteiger partial charge in [0.25, 0.3) is 0 Å². The highest BCUT2D eigenvalue weighted by atomic mass is 32.3. The standard InChI is InChI=1S/C12H17NO7S/c1-10-2-4-11(5-3-10)20-21(16,17)19-9-8-18-7-6-13-12(14)15/h2-5,13H,6-9H2,1H3,(H,14,15). The van der Waals surface area contributed by atoms with E-state index in [0.29, 0.717) is 0 Å². The first kappa shape index (κ1) is 17.2. The Morgan fingerprint density at radius 1 is 1.19 bits per heavy atom. The van der Waals surface area contributed by atoms with Gasteiger partial charge in [0.1, 0.15) is 5.75 Å². The van der Waals surface area contributed by atoms with Crippen molar-refractivity contribution in [2.75, 3.05) is 26.4 Å². The molecule has 8 nitrogen and oxygen atoms in total. The third-order valence-electron chi connectivity index (χ3n) is 2.20. The molecule has 1 aromatic carbocycles. The van der Waals surface area contributed by atoms with E-state index in [2.05, 4.69) is 9.50 Å². The van der Waals surface area contributed by atoms with Crippen molar-refractivity contribution < 1.29 is 31.4 Å². The maximum atomic E-state index is 11.5. The Labute approximate surface area is 123 Å². The van der Waals surface area contributed by atoms with Crippen LogP contribution >= 0.6 is 0 Å². The fraction of sp³-hybridized carbons (Fsp3) is 0.417. The first-order valence-corrected chi connectivity index (χ1v) is 7.42. The Kier molecular flexibility index (Phi) is 6.92. The molecule has 0 spiro atoms. The molecule has 2 N–H and O–H groups in total. The summed E-state index contributed by atoms with van der Waals surface area (Å²) in [5.41, 5.74) is 0.976. The van der Waals surface area contributed by atoms with Crippen molar-refractivity contribution in [3.63, 3.8) is 0 Å². The van der Waals surface area contributed by atoms with Crippen molar-refractivity contribution in [3.05, 3.63) is 29.8 Å². The molecule has 1 aromatic rings. The van der Waals surface area contributed by atoms with Crippen LogP contribution in [0.2, 0.25) is 0 Å². The van der Waals surface area contributed by atoms with E-state index >= 15 is 0 Å². The smallest absolute Gasteiger partial charge is 0.449 e. The van der Waals surface area contributed by atoms with Crippen LogP contribution in [0.4, 0.5) is 4.79 Å². The highest BCUT2D eigenvalue weighted by molar-refractivity contribution is 7.82. The lowest BCUT2D eigenvalue weighted by Crippen LogP contribution is -2.26.